The normalized spacial score (nSPS) is 12.6. The van der Waals surface area contributed by atoms with Crippen molar-refractivity contribution in [2.75, 3.05) is 0 Å². The largest absolute Gasteiger partial charge is 0.338 e. The van der Waals surface area contributed by atoms with Gasteiger partial charge in [0.1, 0.15) is 5.78 Å². The number of carbonyl (C=O) groups excluding carboxylic acids is 1. The molecule has 0 aromatic carbocycles. The average Bonchev–Trinajstić information content (AvgIpc) is 2.96. The van der Waals surface area contributed by atoms with Crippen LogP contribution in [0.15, 0.2) is 21.3 Å². The molecule has 0 aliphatic carbocycles. The second kappa shape index (κ2) is 4.57. The summed E-state index contributed by atoms with van der Waals surface area (Å²) in [5.41, 5.74) is 0.927. The smallest absolute Gasteiger partial charge is 0.237 e. The molecule has 2 rings (SSSR count). The first kappa shape index (κ1) is 11.0. The third-order valence-corrected chi connectivity index (χ3v) is 3.11. The first-order chi connectivity index (χ1) is 7.72. The standard InChI is InChI=1S/C11H12N2O2S/c1-3-9(14)7(2)11-12-10(13-15-11)8-4-5-16-6-8/h4-7H,3H2,1-2H3. The van der Waals surface area contributed by atoms with E-state index in [0.29, 0.717) is 18.1 Å². The molecule has 2 heterocycles. The van der Waals surface area contributed by atoms with Gasteiger partial charge in [-0.3, -0.25) is 4.79 Å². The van der Waals surface area contributed by atoms with Crippen LogP contribution in [0.25, 0.3) is 11.4 Å². The topological polar surface area (TPSA) is 56.0 Å². The fourth-order valence-corrected chi connectivity index (χ4v) is 2.00. The monoisotopic (exact) mass is 236 g/mol. The first-order valence-electron chi connectivity index (χ1n) is 5.11. The highest BCUT2D eigenvalue weighted by Crippen LogP contribution is 2.22. The number of hydrogen-bond acceptors (Lipinski definition) is 5. The molecule has 0 spiro atoms. The number of thiophene rings is 1. The molecule has 0 fully saturated rings. The van der Waals surface area contributed by atoms with Crippen LogP contribution in [0.4, 0.5) is 0 Å². The van der Waals surface area contributed by atoms with E-state index in [1.807, 2.05) is 23.8 Å². The maximum absolute atomic E-state index is 11.5. The molecule has 2 aromatic heterocycles. The van der Waals surface area contributed by atoms with Gasteiger partial charge in [-0.1, -0.05) is 12.1 Å². The molecule has 1 unspecified atom stereocenters. The van der Waals surface area contributed by atoms with Crippen molar-refractivity contribution in [2.24, 2.45) is 0 Å². The Bertz CT molecular complexity index is 476. The molecule has 0 saturated heterocycles. The van der Waals surface area contributed by atoms with Crippen molar-refractivity contribution in [3.05, 3.63) is 22.7 Å². The molecule has 1 atom stereocenters. The molecule has 0 N–H and O–H groups in total. The van der Waals surface area contributed by atoms with Crippen molar-refractivity contribution in [1.29, 1.82) is 0 Å². The number of aromatic nitrogens is 2. The minimum Gasteiger partial charge on any atom is -0.338 e. The first-order valence-corrected chi connectivity index (χ1v) is 6.05. The Labute approximate surface area is 97.3 Å². The Balaban J connectivity index is 2.23. The predicted octanol–water partition coefficient (Wildman–Crippen LogP) is 2.88. The summed E-state index contributed by atoms with van der Waals surface area (Å²) in [6.45, 7) is 3.62. The van der Waals surface area contributed by atoms with Crippen LogP contribution in [0.3, 0.4) is 0 Å². The van der Waals surface area contributed by atoms with Gasteiger partial charge in [-0.25, -0.2) is 0 Å². The van der Waals surface area contributed by atoms with E-state index in [9.17, 15) is 4.79 Å². The predicted molar refractivity (Wildman–Crippen MR) is 61.3 cm³/mol. The van der Waals surface area contributed by atoms with E-state index in [1.54, 1.807) is 18.3 Å². The molecule has 5 heteroatoms. The van der Waals surface area contributed by atoms with Gasteiger partial charge in [0.2, 0.25) is 11.7 Å². The number of rotatable bonds is 4. The zero-order valence-electron chi connectivity index (χ0n) is 9.14. The number of carbonyl (C=O) groups is 1. The van der Waals surface area contributed by atoms with E-state index in [4.69, 9.17) is 4.52 Å². The summed E-state index contributed by atoms with van der Waals surface area (Å²) in [7, 11) is 0. The van der Waals surface area contributed by atoms with Gasteiger partial charge in [-0.2, -0.15) is 16.3 Å². The Hall–Kier alpha value is -1.49. The highest BCUT2D eigenvalue weighted by atomic mass is 32.1. The van der Waals surface area contributed by atoms with Gasteiger partial charge < -0.3 is 4.52 Å². The SMILES string of the molecule is CCC(=O)C(C)c1nc(-c2ccsc2)no1. The molecule has 0 aliphatic rings. The van der Waals surface area contributed by atoms with Gasteiger partial charge in [0.05, 0.1) is 5.92 Å². The zero-order chi connectivity index (χ0) is 11.5. The quantitative estimate of drug-likeness (QED) is 0.819. The van der Waals surface area contributed by atoms with Crippen molar-refractivity contribution < 1.29 is 9.32 Å². The molecule has 84 valence electrons. The van der Waals surface area contributed by atoms with Gasteiger partial charge in [-0.05, 0) is 18.4 Å². The van der Waals surface area contributed by atoms with Gasteiger partial charge in [-0.15, -0.1) is 0 Å². The summed E-state index contributed by atoms with van der Waals surface area (Å²) in [6.07, 6.45) is 0.483. The van der Waals surface area contributed by atoms with Crippen LogP contribution in [-0.4, -0.2) is 15.9 Å². The Morgan fingerprint density at radius 1 is 1.62 bits per heavy atom. The molecule has 2 aromatic rings. The third kappa shape index (κ3) is 2.04. The molecule has 0 amide bonds. The van der Waals surface area contributed by atoms with E-state index >= 15 is 0 Å². The van der Waals surface area contributed by atoms with Crippen molar-refractivity contribution >= 4 is 17.1 Å². The molecule has 4 nitrogen and oxygen atoms in total. The zero-order valence-corrected chi connectivity index (χ0v) is 9.95. The van der Waals surface area contributed by atoms with E-state index in [0.717, 1.165) is 5.56 Å². The second-order valence-electron chi connectivity index (χ2n) is 3.51. The fraction of sp³-hybridized carbons (Fsp3) is 0.364. The van der Waals surface area contributed by atoms with E-state index < -0.39 is 0 Å². The van der Waals surface area contributed by atoms with Crippen LogP contribution in [-0.2, 0) is 4.79 Å². The molecule has 0 aliphatic heterocycles. The highest BCUT2D eigenvalue weighted by Gasteiger charge is 2.20. The van der Waals surface area contributed by atoms with E-state index in [2.05, 4.69) is 10.1 Å². The van der Waals surface area contributed by atoms with Gasteiger partial charge in [0.15, 0.2) is 0 Å². The van der Waals surface area contributed by atoms with E-state index in [-0.39, 0.29) is 11.7 Å². The van der Waals surface area contributed by atoms with Crippen LogP contribution >= 0.6 is 11.3 Å². The van der Waals surface area contributed by atoms with Gasteiger partial charge >= 0.3 is 0 Å². The molecule has 16 heavy (non-hydrogen) atoms. The molecule has 0 saturated carbocycles. The Kier molecular flexibility index (Phi) is 3.14. The van der Waals surface area contributed by atoms with Gasteiger partial charge in [0, 0.05) is 17.4 Å². The highest BCUT2D eigenvalue weighted by molar-refractivity contribution is 7.08. The lowest BCUT2D eigenvalue weighted by Gasteiger charge is -2.01. The molecular weight excluding hydrogens is 224 g/mol. The summed E-state index contributed by atoms with van der Waals surface area (Å²) in [4.78, 5) is 15.7. The van der Waals surface area contributed by atoms with E-state index in [1.165, 1.54) is 0 Å². The third-order valence-electron chi connectivity index (χ3n) is 2.42. The Morgan fingerprint density at radius 3 is 3.06 bits per heavy atom. The molecular formula is C11H12N2O2S. The summed E-state index contributed by atoms with van der Waals surface area (Å²) >= 11 is 1.57. The van der Waals surface area contributed by atoms with Crippen LogP contribution in [0, 0.1) is 0 Å². The van der Waals surface area contributed by atoms with Crippen LogP contribution in [0.5, 0.6) is 0 Å². The van der Waals surface area contributed by atoms with Crippen LogP contribution in [0.2, 0.25) is 0 Å². The fourth-order valence-electron chi connectivity index (χ4n) is 1.36. The van der Waals surface area contributed by atoms with Crippen LogP contribution < -0.4 is 0 Å². The second-order valence-corrected chi connectivity index (χ2v) is 4.29. The molecule has 0 radical (unpaired) electrons. The maximum Gasteiger partial charge on any atom is 0.237 e. The van der Waals surface area contributed by atoms with Gasteiger partial charge in [0.25, 0.3) is 0 Å². The maximum atomic E-state index is 11.5. The van der Waals surface area contributed by atoms with Crippen molar-refractivity contribution in [1.82, 2.24) is 10.1 Å². The summed E-state index contributed by atoms with van der Waals surface area (Å²) in [5.74, 6) is 0.741. The summed E-state index contributed by atoms with van der Waals surface area (Å²) in [6, 6.07) is 1.92. The van der Waals surface area contributed by atoms with Crippen molar-refractivity contribution in [2.45, 2.75) is 26.2 Å². The number of ketones is 1. The lowest BCUT2D eigenvalue weighted by molar-refractivity contribution is -0.120. The lowest BCUT2D eigenvalue weighted by atomic mass is 10.1. The Morgan fingerprint density at radius 2 is 2.44 bits per heavy atom. The van der Waals surface area contributed by atoms with Crippen molar-refractivity contribution in [3.63, 3.8) is 0 Å². The lowest BCUT2D eigenvalue weighted by Crippen LogP contribution is -2.07. The average molecular weight is 236 g/mol. The minimum atomic E-state index is -0.315. The molecule has 0 bridgehead atoms. The number of nitrogens with zero attached hydrogens (tertiary/aromatic N) is 2. The van der Waals surface area contributed by atoms with Crippen LogP contribution in [0.1, 0.15) is 32.1 Å². The number of Topliss-reactive ketones (excluding diaryl/α,β-unsaturated/α-hetero) is 1. The number of hydrogen-bond donors (Lipinski definition) is 0. The minimum absolute atomic E-state index is 0.112. The summed E-state index contributed by atoms with van der Waals surface area (Å²) < 4.78 is 5.10. The van der Waals surface area contributed by atoms with Crippen molar-refractivity contribution in [3.8, 4) is 11.4 Å². The summed E-state index contributed by atoms with van der Waals surface area (Å²) in [5, 5.41) is 7.76.